The first-order valence-corrected chi connectivity index (χ1v) is 6.40. The summed E-state index contributed by atoms with van der Waals surface area (Å²) in [7, 11) is 0. The second-order valence-electron chi connectivity index (χ2n) is 4.36. The van der Waals surface area contributed by atoms with Crippen LogP contribution in [0.3, 0.4) is 0 Å². The van der Waals surface area contributed by atoms with E-state index in [1.54, 1.807) is 0 Å². The Morgan fingerprint density at radius 3 is 2.56 bits per heavy atom. The third-order valence-corrected chi connectivity index (χ3v) is 3.08. The molecule has 18 heavy (non-hydrogen) atoms. The van der Waals surface area contributed by atoms with E-state index in [9.17, 15) is 5.11 Å². The lowest BCUT2D eigenvalue weighted by Crippen LogP contribution is -2.25. The van der Waals surface area contributed by atoms with Gasteiger partial charge in [-0.25, -0.2) is 0 Å². The van der Waals surface area contributed by atoms with Crippen molar-refractivity contribution < 1.29 is 19.3 Å². The Kier molecular flexibility index (Phi) is 4.09. The highest BCUT2D eigenvalue weighted by atomic mass is 16.5. The Labute approximate surface area is 107 Å². The van der Waals surface area contributed by atoms with Gasteiger partial charge in [0.2, 0.25) is 0 Å². The van der Waals surface area contributed by atoms with Crippen molar-refractivity contribution in [2.24, 2.45) is 0 Å². The SMILES string of the molecule is CCOc1ccc(C2(O)CCOC2)cc1OCC. The fourth-order valence-electron chi connectivity index (χ4n) is 2.12. The van der Waals surface area contributed by atoms with Crippen LogP contribution in [0.4, 0.5) is 0 Å². The molecule has 2 rings (SSSR count). The second kappa shape index (κ2) is 5.59. The summed E-state index contributed by atoms with van der Waals surface area (Å²) in [5.41, 5.74) is -0.0664. The Balaban J connectivity index is 2.29. The van der Waals surface area contributed by atoms with Gasteiger partial charge in [-0.1, -0.05) is 6.07 Å². The van der Waals surface area contributed by atoms with Gasteiger partial charge in [0.25, 0.3) is 0 Å². The van der Waals surface area contributed by atoms with Crippen molar-refractivity contribution in [3.05, 3.63) is 23.8 Å². The molecule has 1 aromatic carbocycles. The summed E-state index contributed by atoms with van der Waals surface area (Å²) in [5, 5.41) is 10.5. The molecule has 100 valence electrons. The zero-order chi connectivity index (χ0) is 13.0. The van der Waals surface area contributed by atoms with Gasteiger partial charge in [-0.2, -0.15) is 0 Å². The van der Waals surface area contributed by atoms with E-state index in [2.05, 4.69) is 0 Å². The predicted molar refractivity (Wildman–Crippen MR) is 68.1 cm³/mol. The fraction of sp³-hybridized carbons (Fsp3) is 0.571. The lowest BCUT2D eigenvalue weighted by atomic mass is 9.93. The van der Waals surface area contributed by atoms with Gasteiger partial charge in [-0.15, -0.1) is 0 Å². The van der Waals surface area contributed by atoms with E-state index >= 15 is 0 Å². The number of ether oxygens (including phenoxy) is 3. The molecule has 0 bridgehead atoms. The molecule has 4 nitrogen and oxygen atoms in total. The van der Waals surface area contributed by atoms with Gasteiger partial charge in [0, 0.05) is 13.0 Å². The van der Waals surface area contributed by atoms with Crippen LogP contribution in [-0.4, -0.2) is 31.5 Å². The topological polar surface area (TPSA) is 47.9 Å². The lowest BCUT2D eigenvalue weighted by Gasteiger charge is -2.22. The van der Waals surface area contributed by atoms with Crippen LogP contribution in [0.2, 0.25) is 0 Å². The highest BCUT2D eigenvalue weighted by Gasteiger charge is 2.34. The molecule has 1 unspecified atom stereocenters. The molecule has 0 radical (unpaired) electrons. The normalized spacial score (nSPS) is 23.1. The van der Waals surface area contributed by atoms with Gasteiger partial charge < -0.3 is 19.3 Å². The van der Waals surface area contributed by atoms with E-state index in [0.717, 1.165) is 5.56 Å². The third kappa shape index (κ3) is 2.60. The summed E-state index contributed by atoms with van der Waals surface area (Å²) in [6.45, 7) is 5.95. The fourth-order valence-corrected chi connectivity index (χ4v) is 2.12. The Morgan fingerprint density at radius 1 is 1.22 bits per heavy atom. The standard InChI is InChI=1S/C14H20O4/c1-3-17-12-6-5-11(9-13(12)18-4-2)14(15)7-8-16-10-14/h5-6,9,15H,3-4,7-8,10H2,1-2H3. The predicted octanol–water partition coefficient (Wildman–Crippen LogP) is 2.09. The van der Waals surface area contributed by atoms with Crippen molar-refractivity contribution >= 4 is 0 Å². The quantitative estimate of drug-likeness (QED) is 0.871. The smallest absolute Gasteiger partial charge is 0.161 e. The van der Waals surface area contributed by atoms with Crippen LogP contribution in [0.25, 0.3) is 0 Å². The molecule has 0 aromatic heterocycles. The first kappa shape index (κ1) is 13.2. The largest absolute Gasteiger partial charge is 0.490 e. The Morgan fingerprint density at radius 2 is 1.94 bits per heavy atom. The van der Waals surface area contributed by atoms with E-state index in [1.807, 2.05) is 32.0 Å². The number of rotatable bonds is 5. The van der Waals surface area contributed by atoms with Gasteiger partial charge in [0.15, 0.2) is 11.5 Å². The Hall–Kier alpha value is -1.26. The summed E-state index contributed by atoms with van der Waals surface area (Å²) in [5.74, 6) is 1.39. The molecule has 1 heterocycles. The Bertz CT molecular complexity index is 397. The zero-order valence-electron chi connectivity index (χ0n) is 10.9. The molecule has 0 saturated carbocycles. The number of benzene rings is 1. The van der Waals surface area contributed by atoms with Crippen LogP contribution in [-0.2, 0) is 10.3 Å². The van der Waals surface area contributed by atoms with Gasteiger partial charge in [0.05, 0.1) is 19.8 Å². The average Bonchev–Trinajstić information content (AvgIpc) is 2.80. The van der Waals surface area contributed by atoms with Crippen LogP contribution in [0, 0.1) is 0 Å². The van der Waals surface area contributed by atoms with Crippen LogP contribution in [0.5, 0.6) is 11.5 Å². The van der Waals surface area contributed by atoms with Crippen LogP contribution in [0.15, 0.2) is 18.2 Å². The zero-order valence-corrected chi connectivity index (χ0v) is 10.9. The van der Waals surface area contributed by atoms with Gasteiger partial charge in [-0.05, 0) is 31.5 Å². The van der Waals surface area contributed by atoms with Crippen molar-refractivity contribution in [3.63, 3.8) is 0 Å². The van der Waals surface area contributed by atoms with Gasteiger partial charge in [0.1, 0.15) is 5.60 Å². The molecule has 4 heteroatoms. The van der Waals surface area contributed by atoms with Crippen LogP contribution >= 0.6 is 0 Å². The summed E-state index contributed by atoms with van der Waals surface area (Å²) in [6.07, 6.45) is 0.618. The minimum absolute atomic E-state index is 0.340. The molecule has 0 amide bonds. The molecule has 0 spiro atoms. The number of hydrogen-bond acceptors (Lipinski definition) is 4. The summed E-state index contributed by atoms with van der Waals surface area (Å²) in [4.78, 5) is 0. The van der Waals surface area contributed by atoms with Crippen molar-refractivity contribution in [1.82, 2.24) is 0 Å². The number of hydrogen-bond donors (Lipinski definition) is 1. The molecular weight excluding hydrogens is 232 g/mol. The molecule has 1 atom stereocenters. The van der Waals surface area contributed by atoms with E-state index < -0.39 is 5.60 Å². The minimum atomic E-state index is -0.892. The monoisotopic (exact) mass is 252 g/mol. The first-order valence-electron chi connectivity index (χ1n) is 6.40. The van der Waals surface area contributed by atoms with Gasteiger partial charge in [-0.3, -0.25) is 0 Å². The van der Waals surface area contributed by atoms with E-state index in [1.165, 1.54) is 0 Å². The molecule has 1 N–H and O–H groups in total. The molecule has 1 aliphatic rings. The van der Waals surface area contributed by atoms with E-state index in [-0.39, 0.29) is 0 Å². The van der Waals surface area contributed by atoms with Crippen molar-refractivity contribution in [2.75, 3.05) is 26.4 Å². The van der Waals surface area contributed by atoms with Crippen molar-refractivity contribution in [2.45, 2.75) is 25.9 Å². The lowest BCUT2D eigenvalue weighted by molar-refractivity contribution is 0.0229. The van der Waals surface area contributed by atoms with E-state index in [0.29, 0.717) is 44.3 Å². The highest BCUT2D eigenvalue weighted by molar-refractivity contribution is 5.45. The second-order valence-corrected chi connectivity index (χ2v) is 4.36. The minimum Gasteiger partial charge on any atom is -0.490 e. The molecular formula is C14H20O4. The first-order chi connectivity index (χ1) is 8.69. The molecule has 1 aromatic rings. The van der Waals surface area contributed by atoms with Crippen LogP contribution in [0.1, 0.15) is 25.8 Å². The molecule has 0 aliphatic carbocycles. The van der Waals surface area contributed by atoms with Crippen molar-refractivity contribution in [1.29, 1.82) is 0 Å². The molecule has 1 aliphatic heterocycles. The summed E-state index contributed by atoms with van der Waals surface area (Å²) < 4.78 is 16.3. The van der Waals surface area contributed by atoms with Crippen LogP contribution < -0.4 is 9.47 Å². The molecule has 1 saturated heterocycles. The summed E-state index contributed by atoms with van der Waals surface area (Å²) >= 11 is 0. The third-order valence-electron chi connectivity index (χ3n) is 3.08. The maximum absolute atomic E-state index is 10.5. The average molecular weight is 252 g/mol. The van der Waals surface area contributed by atoms with E-state index in [4.69, 9.17) is 14.2 Å². The van der Waals surface area contributed by atoms with Crippen molar-refractivity contribution in [3.8, 4) is 11.5 Å². The number of aliphatic hydroxyl groups is 1. The van der Waals surface area contributed by atoms with Gasteiger partial charge >= 0.3 is 0 Å². The molecule has 1 fully saturated rings. The highest BCUT2D eigenvalue weighted by Crippen LogP contribution is 2.36. The maximum atomic E-state index is 10.5. The summed E-state index contributed by atoms with van der Waals surface area (Å²) in [6, 6.07) is 5.57. The maximum Gasteiger partial charge on any atom is 0.161 e.